The van der Waals surface area contributed by atoms with Crippen LogP contribution in [0.15, 0.2) is 28.4 Å². The molecule has 3 N–H and O–H groups in total. The number of H-pyrrole nitrogens is 1. The van der Waals surface area contributed by atoms with E-state index < -0.39 is 42.4 Å². The molecule has 1 aliphatic rings. The molecule has 0 spiro atoms. The van der Waals surface area contributed by atoms with Crippen molar-refractivity contribution in [1.29, 1.82) is 0 Å². The second kappa shape index (κ2) is 7.39. The van der Waals surface area contributed by atoms with Crippen LogP contribution in [-0.2, 0) is 9.47 Å². The monoisotopic (exact) mass is 322 g/mol. The molecule has 1 fully saturated rings. The van der Waals surface area contributed by atoms with E-state index in [1.54, 1.807) is 6.92 Å². The Morgan fingerprint density at radius 3 is 2.91 bits per heavy atom. The van der Waals surface area contributed by atoms with Gasteiger partial charge in [0.05, 0.1) is 13.2 Å². The quantitative estimate of drug-likeness (QED) is 0.460. The average Bonchev–Trinajstić information content (AvgIpc) is 2.84. The fourth-order valence-corrected chi connectivity index (χ4v) is 2.35. The first-order valence-electron chi connectivity index (χ1n) is 6.98. The standard InChI is InChI=1S/C15H18N2O6/c1-3-5-9-7-17(15(21)16-13(9)20)14-12(22-6-4-2)11(19)10(8-18)23-14/h4,7,10-12,14,18-19H,2,6,8H2,1H3,(H,16,20,21)/t10-,11-,12-,14-/m1/s1. The van der Waals surface area contributed by atoms with E-state index in [9.17, 15) is 19.8 Å². The fourth-order valence-electron chi connectivity index (χ4n) is 2.35. The summed E-state index contributed by atoms with van der Waals surface area (Å²) in [7, 11) is 0. The summed E-state index contributed by atoms with van der Waals surface area (Å²) in [6.07, 6.45) is -1.22. The molecular weight excluding hydrogens is 304 g/mol. The molecule has 0 bridgehead atoms. The van der Waals surface area contributed by atoms with Gasteiger partial charge in [0.2, 0.25) is 0 Å². The van der Waals surface area contributed by atoms with Gasteiger partial charge in [0.25, 0.3) is 5.56 Å². The Bertz CT molecular complexity index is 741. The normalized spacial score (nSPS) is 26.6. The summed E-state index contributed by atoms with van der Waals surface area (Å²) >= 11 is 0. The van der Waals surface area contributed by atoms with Crippen LogP contribution in [0.1, 0.15) is 18.7 Å². The average molecular weight is 322 g/mol. The molecule has 0 aliphatic carbocycles. The van der Waals surface area contributed by atoms with Crippen molar-refractivity contribution in [2.45, 2.75) is 31.5 Å². The lowest BCUT2D eigenvalue weighted by atomic mass is 10.1. The van der Waals surface area contributed by atoms with Crippen LogP contribution in [0.4, 0.5) is 0 Å². The van der Waals surface area contributed by atoms with Gasteiger partial charge in [-0.05, 0) is 6.92 Å². The maximum atomic E-state index is 12.1. The lowest BCUT2D eigenvalue weighted by molar-refractivity contribution is -0.0686. The van der Waals surface area contributed by atoms with Gasteiger partial charge < -0.3 is 19.7 Å². The van der Waals surface area contributed by atoms with E-state index in [2.05, 4.69) is 23.4 Å². The highest BCUT2D eigenvalue weighted by Gasteiger charge is 2.45. The molecule has 0 unspecified atom stereocenters. The summed E-state index contributed by atoms with van der Waals surface area (Å²) in [6.45, 7) is 4.76. The van der Waals surface area contributed by atoms with Gasteiger partial charge in [-0.2, -0.15) is 0 Å². The van der Waals surface area contributed by atoms with E-state index >= 15 is 0 Å². The molecule has 0 radical (unpaired) electrons. The van der Waals surface area contributed by atoms with Crippen molar-refractivity contribution in [2.75, 3.05) is 13.2 Å². The van der Waals surface area contributed by atoms with E-state index in [4.69, 9.17) is 9.47 Å². The highest BCUT2D eigenvalue weighted by Crippen LogP contribution is 2.30. The van der Waals surface area contributed by atoms with Crippen LogP contribution in [0.3, 0.4) is 0 Å². The largest absolute Gasteiger partial charge is 0.394 e. The molecule has 4 atom stereocenters. The Morgan fingerprint density at radius 2 is 2.30 bits per heavy atom. The molecule has 1 aromatic heterocycles. The number of aromatic amines is 1. The third-order valence-corrected chi connectivity index (χ3v) is 3.40. The van der Waals surface area contributed by atoms with Crippen LogP contribution in [0.5, 0.6) is 0 Å². The Hall–Kier alpha value is -2.18. The molecule has 2 heterocycles. The van der Waals surface area contributed by atoms with Crippen molar-refractivity contribution in [1.82, 2.24) is 9.55 Å². The summed E-state index contributed by atoms with van der Waals surface area (Å²) in [5.74, 6) is 5.16. The molecule has 1 aromatic rings. The zero-order valence-electron chi connectivity index (χ0n) is 12.6. The Kier molecular flexibility index (Phi) is 5.52. The molecule has 1 saturated heterocycles. The van der Waals surface area contributed by atoms with Gasteiger partial charge in [-0.3, -0.25) is 14.3 Å². The Balaban J connectivity index is 2.46. The number of hydrogen-bond donors (Lipinski definition) is 3. The first-order valence-corrected chi connectivity index (χ1v) is 6.98. The van der Waals surface area contributed by atoms with Gasteiger partial charge in [0, 0.05) is 6.20 Å². The predicted octanol–water partition coefficient (Wildman–Crippen LogP) is -1.27. The molecule has 8 heteroatoms. The molecular formula is C15H18N2O6. The Labute approximate surface area is 132 Å². The molecule has 8 nitrogen and oxygen atoms in total. The lowest BCUT2D eigenvalue weighted by Crippen LogP contribution is -2.40. The van der Waals surface area contributed by atoms with Crippen molar-refractivity contribution in [3.05, 3.63) is 45.3 Å². The highest BCUT2D eigenvalue weighted by atomic mass is 16.6. The SMILES string of the molecule is C=CCO[C@@H]1[C@H](O)[C@@H](CO)O[C@H]1n1cc(C#CC)c(=O)[nH]c1=O. The first kappa shape index (κ1) is 17.2. The summed E-state index contributed by atoms with van der Waals surface area (Å²) < 4.78 is 12.1. The summed E-state index contributed by atoms with van der Waals surface area (Å²) in [4.78, 5) is 25.9. The van der Waals surface area contributed by atoms with Crippen LogP contribution >= 0.6 is 0 Å². The molecule has 0 aromatic carbocycles. The Morgan fingerprint density at radius 1 is 1.57 bits per heavy atom. The van der Waals surface area contributed by atoms with E-state index in [1.165, 1.54) is 12.3 Å². The topological polar surface area (TPSA) is 114 Å². The van der Waals surface area contributed by atoms with E-state index in [0.29, 0.717) is 0 Å². The fraction of sp³-hybridized carbons (Fsp3) is 0.467. The minimum Gasteiger partial charge on any atom is -0.394 e. The number of aliphatic hydroxyl groups is 2. The van der Waals surface area contributed by atoms with Crippen molar-refractivity contribution in [3.8, 4) is 11.8 Å². The molecule has 1 aliphatic heterocycles. The van der Waals surface area contributed by atoms with Crippen LogP contribution in [0.25, 0.3) is 0 Å². The number of rotatable bonds is 5. The minimum atomic E-state index is -1.13. The number of nitrogens with one attached hydrogen (secondary N) is 1. The van der Waals surface area contributed by atoms with Crippen LogP contribution in [-0.4, -0.2) is 51.3 Å². The summed E-state index contributed by atoms with van der Waals surface area (Å²) in [6, 6.07) is 0. The number of nitrogens with zero attached hydrogens (tertiary/aromatic N) is 1. The summed E-state index contributed by atoms with van der Waals surface area (Å²) in [5.41, 5.74) is -1.25. The first-order chi connectivity index (χ1) is 11.0. The van der Waals surface area contributed by atoms with Gasteiger partial charge in [0.15, 0.2) is 6.23 Å². The van der Waals surface area contributed by atoms with Gasteiger partial charge >= 0.3 is 5.69 Å². The zero-order valence-corrected chi connectivity index (χ0v) is 12.6. The van der Waals surface area contributed by atoms with Crippen molar-refractivity contribution < 1.29 is 19.7 Å². The van der Waals surface area contributed by atoms with Gasteiger partial charge in [-0.1, -0.05) is 12.0 Å². The van der Waals surface area contributed by atoms with Crippen LogP contribution in [0.2, 0.25) is 0 Å². The lowest BCUT2D eigenvalue weighted by Gasteiger charge is -2.21. The van der Waals surface area contributed by atoms with Gasteiger partial charge in [-0.25, -0.2) is 4.79 Å². The predicted molar refractivity (Wildman–Crippen MR) is 80.8 cm³/mol. The van der Waals surface area contributed by atoms with Crippen molar-refractivity contribution >= 4 is 0 Å². The van der Waals surface area contributed by atoms with Gasteiger partial charge in [-0.15, -0.1) is 12.5 Å². The number of aliphatic hydroxyl groups excluding tert-OH is 2. The van der Waals surface area contributed by atoms with Gasteiger partial charge in [0.1, 0.15) is 23.9 Å². The third kappa shape index (κ3) is 3.43. The van der Waals surface area contributed by atoms with E-state index in [-0.39, 0.29) is 12.2 Å². The maximum Gasteiger partial charge on any atom is 0.330 e. The minimum absolute atomic E-state index is 0.0834. The van der Waals surface area contributed by atoms with Crippen LogP contribution < -0.4 is 11.2 Å². The highest BCUT2D eigenvalue weighted by molar-refractivity contribution is 5.29. The summed E-state index contributed by atoms with van der Waals surface area (Å²) in [5, 5.41) is 19.4. The molecule has 0 saturated carbocycles. The second-order valence-corrected chi connectivity index (χ2v) is 4.91. The smallest absolute Gasteiger partial charge is 0.330 e. The zero-order chi connectivity index (χ0) is 17.0. The number of hydrogen-bond acceptors (Lipinski definition) is 6. The second-order valence-electron chi connectivity index (χ2n) is 4.91. The molecule has 124 valence electrons. The molecule has 2 rings (SSSR count). The third-order valence-electron chi connectivity index (χ3n) is 3.40. The van der Waals surface area contributed by atoms with Crippen LogP contribution in [0, 0.1) is 11.8 Å². The van der Waals surface area contributed by atoms with Crippen molar-refractivity contribution in [3.63, 3.8) is 0 Å². The van der Waals surface area contributed by atoms with E-state index in [0.717, 1.165) is 4.57 Å². The molecule has 0 amide bonds. The molecule has 23 heavy (non-hydrogen) atoms. The maximum absolute atomic E-state index is 12.1. The number of aromatic nitrogens is 2. The van der Waals surface area contributed by atoms with E-state index in [1.807, 2.05) is 0 Å². The number of ether oxygens (including phenoxy) is 2. The van der Waals surface area contributed by atoms with Crippen molar-refractivity contribution in [2.24, 2.45) is 0 Å².